The second-order valence-corrected chi connectivity index (χ2v) is 7.87. The van der Waals surface area contributed by atoms with Crippen LogP contribution in [0.4, 0.5) is 5.69 Å². The number of guanidine groups is 1. The molecule has 0 saturated heterocycles. The van der Waals surface area contributed by atoms with E-state index in [2.05, 4.69) is 10.3 Å². The molecule has 0 fully saturated rings. The highest BCUT2D eigenvalue weighted by Crippen LogP contribution is 2.15. The van der Waals surface area contributed by atoms with Crippen molar-refractivity contribution in [3.63, 3.8) is 0 Å². The van der Waals surface area contributed by atoms with Crippen molar-refractivity contribution in [2.45, 2.75) is 25.5 Å². The molecule has 0 atom stereocenters. The van der Waals surface area contributed by atoms with Gasteiger partial charge in [-0.05, 0) is 32.9 Å². The first kappa shape index (κ1) is 15.5. The fourth-order valence-corrected chi connectivity index (χ4v) is 1.52. The number of aliphatic imine (C=N–C) groups is 1. The van der Waals surface area contributed by atoms with Crippen LogP contribution in [-0.4, -0.2) is 31.9 Å². The third kappa shape index (κ3) is 4.55. The summed E-state index contributed by atoms with van der Waals surface area (Å²) in [5.74, 6) is 0.209. The van der Waals surface area contributed by atoms with Crippen LogP contribution in [0.2, 0.25) is 0 Å². The summed E-state index contributed by atoms with van der Waals surface area (Å²) >= 11 is 0. The number of nitrogens with two attached hydrogens (primary N) is 1. The highest BCUT2D eigenvalue weighted by atomic mass is 32.2. The van der Waals surface area contributed by atoms with E-state index in [4.69, 9.17) is 5.73 Å². The summed E-state index contributed by atoms with van der Waals surface area (Å²) in [7, 11) is -3.17. The number of rotatable bonds is 4. The number of anilines is 1. The molecule has 0 radical (unpaired) electrons. The molecule has 0 aliphatic carbocycles. The molecule has 1 rings (SSSR count). The summed E-state index contributed by atoms with van der Waals surface area (Å²) < 4.78 is 22.1. The summed E-state index contributed by atoms with van der Waals surface area (Å²) in [6, 6.07) is 7.69. The minimum Gasteiger partial charge on any atom is -0.370 e. The van der Waals surface area contributed by atoms with Gasteiger partial charge in [-0.3, -0.25) is 4.99 Å². The zero-order valence-corrected chi connectivity index (χ0v) is 12.6. The zero-order chi connectivity index (χ0) is 14.7. The van der Waals surface area contributed by atoms with E-state index in [1.807, 2.05) is 31.2 Å². The molecule has 0 bridgehead atoms. The first-order chi connectivity index (χ1) is 8.62. The van der Waals surface area contributed by atoms with Gasteiger partial charge in [0.15, 0.2) is 15.8 Å². The lowest BCUT2D eigenvalue weighted by atomic mass is 10.2. The van der Waals surface area contributed by atoms with Gasteiger partial charge in [0, 0.05) is 11.9 Å². The standard InChI is InChI=1S/C13H21N3O2S/c1-10-5-7-11(8-6-10)16-12(14)15-9-13(2,3)19(4,17)18/h5-8H,9H2,1-4H3,(H3,14,15,16). The minimum atomic E-state index is -3.17. The summed E-state index contributed by atoms with van der Waals surface area (Å²) in [4.78, 5) is 4.08. The molecule has 6 heteroatoms. The average Bonchev–Trinajstić information content (AvgIpc) is 2.28. The van der Waals surface area contributed by atoms with Gasteiger partial charge in [0.25, 0.3) is 0 Å². The van der Waals surface area contributed by atoms with E-state index < -0.39 is 14.6 Å². The Bertz CT molecular complexity index is 560. The number of nitrogens with zero attached hydrogens (tertiary/aromatic N) is 1. The first-order valence-corrected chi connectivity index (χ1v) is 7.84. The van der Waals surface area contributed by atoms with Crippen molar-refractivity contribution in [1.29, 1.82) is 0 Å². The molecular formula is C13H21N3O2S. The molecule has 1 aromatic rings. The van der Waals surface area contributed by atoms with Gasteiger partial charge in [0.2, 0.25) is 0 Å². The number of aryl methyl sites for hydroxylation is 1. The smallest absolute Gasteiger partial charge is 0.193 e. The van der Waals surface area contributed by atoms with E-state index in [1.54, 1.807) is 13.8 Å². The number of hydrogen-bond acceptors (Lipinski definition) is 3. The second-order valence-electron chi connectivity index (χ2n) is 5.22. The number of nitrogens with one attached hydrogen (secondary N) is 1. The van der Waals surface area contributed by atoms with E-state index in [9.17, 15) is 8.42 Å². The summed E-state index contributed by atoms with van der Waals surface area (Å²) in [6.07, 6.45) is 1.20. The largest absolute Gasteiger partial charge is 0.370 e. The van der Waals surface area contributed by atoms with Crippen molar-refractivity contribution in [3.8, 4) is 0 Å². The highest BCUT2D eigenvalue weighted by molar-refractivity contribution is 7.92. The van der Waals surface area contributed by atoms with Gasteiger partial charge < -0.3 is 11.1 Å². The molecule has 0 unspecified atom stereocenters. The van der Waals surface area contributed by atoms with Gasteiger partial charge >= 0.3 is 0 Å². The molecule has 5 nitrogen and oxygen atoms in total. The lowest BCUT2D eigenvalue weighted by Crippen LogP contribution is -2.36. The van der Waals surface area contributed by atoms with Crippen LogP contribution in [0.3, 0.4) is 0 Å². The SMILES string of the molecule is Cc1ccc(NC(N)=NCC(C)(C)S(C)(=O)=O)cc1. The van der Waals surface area contributed by atoms with E-state index in [0.29, 0.717) is 0 Å². The van der Waals surface area contributed by atoms with E-state index in [0.717, 1.165) is 11.3 Å². The van der Waals surface area contributed by atoms with Crippen LogP contribution in [-0.2, 0) is 9.84 Å². The zero-order valence-electron chi connectivity index (χ0n) is 11.8. The number of benzene rings is 1. The molecule has 0 aliphatic heterocycles. The lowest BCUT2D eigenvalue weighted by Gasteiger charge is -2.20. The first-order valence-electron chi connectivity index (χ1n) is 5.95. The molecule has 0 aliphatic rings. The van der Waals surface area contributed by atoms with Gasteiger partial charge in [0.05, 0.1) is 11.3 Å². The molecule has 0 saturated carbocycles. The van der Waals surface area contributed by atoms with Gasteiger partial charge in [-0.15, -0.1) is 0 Å². The maximum Gasteiger partial charge on any atom is 0.193 e. The molecule has 0 spiro atoms. The molecule has 3 N–H and O–H groups in total. The normalized spacial score (nSPS) is 13.4. The van der Waals surface area contributed by atoms with Crippen molar-refractivity contribution >= 4 is 21.5 Å². The Morgan fingerprint density at radius 2 is 1.84 bits per heavy atom. The Hall–Kier alpha value is -1.56. The van der Waals surface area contributed by atoms with E-state index in [-0.39, 0.29) is 12.5 Å². The van der Waals surface area contributed by atoms with Crippen LogP contribution >= 0.6 is 0 Å². The van der Waals surface area contributed by atoms with Crippen molar-refractivity contribution in [3.05, 3.63) is 29.8 Å². The Labute approximate surface area is 114 Å². The molecular weight excluding hydrogens is 262 g/mol. The predicted molar refractivity (Wildman–Crippen MR) is 80.2 cm³/mol. The quantitative estimate of drug-likeness (QED) is 0.648. The second kappa shape index (κ2) is 5.61. The van der Waals surface area contributed by atoms with Crippen molar-refractivity contribution in [2.24, 2.45) is 10.7 Å². The van der Waals surface area contributed by atoms with Crippen LogP contribution in [0.5, 0.6) is 0 Å². The molecule has 0 aromatic heterocycles. The average molecular weight is 283 g/mol. The van der Waals surface area contributed by atoms with Crippen molar-refractivity contribution in [2.75, 3.05) is 18.1 Å². The van der Waals surface area contributed by atoms with E-state index >= 15 is 0 Å². The maximum atomic E-state index is 11.5. The van der Waals surface area contributed by atoms with Gasteiger partial charge in [0.1, 0.15) is 0 Å². The maximum absolute atomic E-state index is 11.5. The number of hydrogen-bond donors (Lipinski definition) is 2. The topological polar surface area (TPSA) is 84.5 Å². The highest BCUT2D eigenvalue weighted by Gasteiger charge is 2.29. The predicted octanol–water partition coefficient (Wildman–Crippen LogP) is 1.54. The minimum absolute atomic E-state index is 0.122. The van der Waals surface area contributed by atoms with Crippen LogP contribution in [0.25, 0.3) is 0 Å². The Morgan fingerprint density at radius 1 is 1.32 bits per heavy atom. The third-order valence-electron chi connectivity index (χ3n) is 2.96. The fraction of sp³-hybridized carbons (Fsp3) is 0.462. The van der Waals surface area contributed by atoms with Crippen molar-refractivity contribution in [1.82, 2.24) is 0 Å². The summed E-state index contributed by atoms with van der Waals surface area (Å²) in [5.41, 5.74) is 7.71. The van der Waals surface area contributed by atoms with E-state index in [1.165, 1.54) is 6.26 Å². The fourth-order valence-electron chi connectivity index (χ4n) is 1.22. The van der Waals surface area contributed by atoms with Crippen LogP contribution in [0.1, 0.15) is 19.4 Å². The van der Waals surface area contributed by atoms with Gasteiger partial charge in [-0.25, -0.2) is 8.42 Å². The molecule has 106 valence electrons. The molecule has 0 heterocycles. The van der Waals surface area contributed by atoms with Crippen molar-refractivity contribution < 1.29 is 8.42 Å². The monoisotopic (exact) mass is 283 g/mol. The molecule has 0 amide bonds. The van der Waals surface area contributed by atoms with Crippen LogP contribution in [0, 0.1) is 6.92 Å². The molecule has 1 aromatic carbocycles. The third-order valence-corrected chi connectivity index (χ3v) is 5.09. The lowest BCUT2D eigenvalue weighted by molar-refractivity contribution is 0.555. The Kier molecular flexibility index (Phi) is 4.57. The van der Waals surface area contributed by atoms with Crippen LogP contribution < -0.4 is 11.1 Å². The summed E-state index contributed by atoms with van der Waals surface area (Å²) in [6.45, 7) is 5.38. The Balaban J connectivity index is 2.71. The Morgan fingerprint density at radius 3 is 2.32 bits per heavy atom. The summed E-state index contributed by atoms with van der Waals surface area (Å²) in [5, 5.41) is 2.93. The molecule has 19 heavy (non-hydrogen) atoms. The van der Waals surface area contributed by atoms with Gasteiger partial charge in [-0.2, -0.15) is 0 Å². The van der Waals surface area contributed by atoms with Gasteiger partial charge in [-0.1, -0.05) is 17.7 Å². The van der Waals surface area contributed by atoms with Crippen LogP contribution in [0.15, 0.2) is 29.3 Å². The number of sulfone groups is 1.